The molecule has 0 bridgehead atoms. The predicted octanol–water partition coefficient (Wildman–Crippen LogP) is -7.33. The van der Waals surface area contributed by atoms with Crippen molar-refractivity contribution in [2.75, 3.05) is 13.2 Å². The first kappa shape index (κ1) is 27.0. The zero-order valence-electron chi connectivity index (χ0n) is 18.0. The molecule has 15 nitrogen and oxygen atoms in total. The van der Waals surface area contributed by atoms with E-state index in [0.717, 1.165) is 0 Å². The molecule has 0 aromatic rings. The van der Waals surface area contributed by atoms with E-state index in [2.05, 4.69) is 0 Å². The Morgan fingerprint density at radius 1 is 0.697 bits per heavy atom. The van der Waals surface area contributed by atoms with Crippen molar-refractivity contribution in [3.8, 4) is 0 Å². The second kappa shape index (κ2) is 11.0. The summed E-state index contributed by atoms with van der Waals surface area (Å²) in [7, 11) is 0. The van der Waals surface area contributed by atoms with Crippen molar-refractivity contribution in [2.24, 2.45) is 28.7 Å². The fraction of sp³-hybridized carbons (Fsp3) is 1.00. The van der Waals surface area contributed by atoms with Crippen molar-refractivity contribution >= 4 is 0 Å². The Morgan fingerprint density at radius 2 is 1.24 bits per heavy atom. The van der Waals surface area contributed by atoms with Crippen LogP contribution >= 0.6 is 0 Å². The molecule has 2 aliphatic heterocycles. The second-order valence-corrected chi connectivity index (χ2v) is 8.87. The van der Waals surface area contributed by atoms with Gasteiger partial charge in [0.2, 0.25) is 0 Å². The van der Waals surface area contributed by atoms with Crippen LogP contribution in [0.3, 0.4) is 0 Å². The maximum absolute atomic E-state index is 11.0. The summed E-state index contributed by atoms with van der Waals surface area (Å²) < 4.78 is 22.4. The number of hydrogen-bond acceptors (Lipinski definition) is 15. The molecule has 1 aliphatic carbocycles. The molecule has 16 N–H and O–H groups in total. The number of aliphatic hydroxyl groups excluding tert-OH is 6. The molecule has 0 amide bonds. The highest BCUT2D eigenvalue weighted by Gasteiger charge is 2.53. The molecule has 1 saturated carbocycles. The van der Waals surface area contributed by atoms with Gasteiger partial charge >= 0.3 is 0 Å². The summed E-state index contributed by atoms with van der Waals surface area (Å²) >= 11 is 0. The summed E-state index contributed by atoms with van der Waals surface area (Å²) in [6, 6.07) is -4.38. The summed E-state index contributed by atoms with van der Waals surface area (Å²) in [5.41, 5.74) is 29.5. The molecule has 15 heteroatoms. The van der Waals surface area contributed by atoms with Gasteiger partial charge < -0.3 is 78.3 Å². The number of rotatable bonds is 6. The van der Waals surface area contributed by atoms with Crippen molar-refractivity contribution in [1.29, 1.82) is 0 Å². The maximum Gasteiger partial charge on any atom is 0.186 e. The van der Waals surface area contributed by atoms with Crippen LogP contribution in [-0.2, 0) is 18.9 Å². The van der Waals surface area contributed by atoms with E-state index in [1.165, 1.54) is 0 Å². The van der Waals surface area contributed by atoms with E-state index < -0.39 is 98.3 Å². The zero-order valence-corrected chi connectivity index (χ0v) is 18.0. The lowest BCUT2D eigenvalue weighted by molar-refractivity contribution is -0.320. The van der Waals surface area contributed by atoms with Crippen LogP contribution in [-0.4, -0.2) is 135 Å². The van der Waals surface area contributed by atoms with Gasteiger partial charge in [0.1, 0.15) is 36.6 Å². The van der Waals surface area contributed by atoms with Gasteiger partial charge in [0, 0.05) is 6.54 Å². The first-order valence-electron chi connectivity index (χ1n) is 10.9. The van der Waals surface area contributed by atoms with E-state index in [1.54, 1.807) is 0 Å². The summed E-state index contributed by atoms with van der Waals surface area (Å²) in [5, 5.41) is 61.3. The molecule has 33 heavy (non-hydrogen) atoms. The third-order valence-corrected chi connectivity index (χ3v) is 6.57. The third-order valence-electron chi connectivity index (χ3n) is 6.57. The Labute approximate surface area is 190 Å². The maximum atomic E-state index is 11.0. The summed E-state index contributed by atoms with van der Waals surface area (Å²) in [4.78, 5) is 0. The normalized spacial score (nSPS) is 53.7. The van der Waals surface area contributed by atoms with Gasteiger partial charge in [0.05, 0.1) is 49.1 Å². The van der Waals surface area contributed by atoms with Gasteiger partial charge in [-0.3, -0.25) is 0 Å². The number of nitrogens with two attached hydrogens (primary N) is 5. The number of hydrogen-bond donors (Lipinski definition) is 11. The molecular formula is C18H37N5O10. The van der Waals surface area contributed by atoms with Crippen molar-refractivity contribution in [2.45, 2.75) is 98.1 Å². The molecule has 3 fully saturated rings. The fourth-order valence-electron chi connectivity index (χ4n) is 4.42. The van der Waals surface area contributed by atoms with Gasteiger partial charge in [-0.25, -0.2) is 0 Å². The van der Waals surface area contributed by atoms with Crippen LogP contribution in [0.1, 0.15) is 6.42 Å². The highest BCUT2D eigenvalue weighted by molar-refractivity contribution is 5.05. The van der Waals surface area contributed by atoms with Gasteiger partial charge in [-0.05, 0) is 6.42 Å². The van der Waals surface area contributed by atoms with Gasteiger partial charge in [-0.2, -0.15) is 0 Å². The average Bonchev–Trinajstić information content (AvgIpc) is 2.79. The fourth-order valence-corrected chi connectivity index (χ4v) is 4.42. The summed E-state index contributed by atoms with van der Waals surface area (Å²) in [6.07, 6.45) is -13.7. The molecule has 3 rings (SSSR count). The molecule has 15 atom stereocenters. The van der Waals surface area contributed by atoms with Crippen molar-refractivity contribution in [1.82, 2.24) is 0 Å². The molecule has 2 heterocycles. The Kier molecular flexibility index (Phi) is 8.99. The van der Waals surface area contributed by atoms with E-state index in [4.69, 9.17) is 47.6 Å². The van der Waals surface area contributed by atoms with Gasteiger partial charge in [-0.1, -0.05) is 0 Å². The summed E-state index contributed by atoms with van der Waals surface area (Å²) in [5.74, 6) is 0. The zero-order chi connectivity index (χ0) is 24.6. The molecular weight excluding hydrogens is 446 g/mol. The van der Waals surface area contributed by atoms with E-state index in [1.807, 2.05) is 0 Å². The quantitative estimate of drug-likeness (QED) is 0.167. The Hall–Kier alpha value is -0.600. The molecule has 0 aromatic heterocycles. The minimum Gasteiger partial charge on any atom is -0.394 e. The molecule has 2 saturated heterocycles. The van der Waals surface area contributed by atoms with Crippen LogP contribution in [0.25, 0.3) is 0 Å². The average molecular weight is 484 g/mol. The highest BCUT2D eigenvalue weighted by atomic mass is 16.7. The van der Waals surface area contributed by atoms with Crippen molar-refractivity contribution in [3.05, 3.63) is 0 Å². The number of ether oxygens (including phenoxy) is 4. The van der Waals surface area contributed by atoms with Crippen LogP contribution in [0.15, 0.2) is 0 Å². The van der Waals surface area contributed by atoms with Crippen LogP contribution in [0, 0.1) is 0 Å². The smallest absolute Gasteiger partial charge is 0.186 e. The minimum atomic E-state index is -1.54. The minimum absolute atomic E-state index is 0.00128. The lowest BCUT2D eigenvalue weighted by Crippen LogP contribution is -2.72. The molecule has 194 valence electrons. The van der Waals surface area contributed by atoms with Gasteiger partial charge in [0.25, 0.3) is 0 Å². The van der Waals surface area contributed by atoms with Crippen LogP contribution in [0.4, 0.5) is 0 Å². The van der Waals surface area contributed by atoms with Gasteiger partial charge in [0.15, 0.2) is 12.6 Å². The molecule has 0 aromatic carbocycles. The third kappa shape index (κ3) is 5.32. The molecule has 0 radical (unpaired) electrons. The Bertz CT molecular complexity index is 637. The predicted molar refractivity (Wildman–Crippen MR) is 110 cm³/mol. The molecule has 0 spiro atoms. The number of aliphatic hydroxyl groups is 6. The first-order chi connectivity index (χ1) is 15.5. The first-order valence-corrected chi connectivity index (χ1v) is 10.9. The van der Waals surface area contributed by atoms with Crippen LogP contribution in [0.5, 0.6) is 0 Å². The highest BCUT2D eigenvalue weighted by Crippen LogP contribution is 2.31. The SMILES string of the molecule is NC[C@H]1O[C@H](O[C@H]2[C@H](O)[C@@H](O[C@H]3O[C@H](CO)[C@@H](O)[C@H](N)[C@H]3O)[C@H](N)C(O)[C@@H]2N)[C@H](N)C[C@@H]1O. The largest absolute Gasteiger partial charge is 0.394 e. The standard InChI is InChI=1S/C18H37N5O10/c19-2-6-5(25)1-4(20)17(30-6)32-15-9(22)12(27)10(23)16(14(15)29)33-18-13(28)8(21)11(26)7(3-24)31-18/h4-18,24-29H,1-3,19-23H2/t4-,5+,6-,7-,8+,9+,10-,11-,12?,13-,14+,15-,16+,17-,18-/m1/s1. The topological polar surface area (TPSA) is 288 Å². The lowest BCUT2D eigenvalue weighted by Gasteiger charge is -2.49. The van der Waals surface area contributed by atoms with Crippen molar-refractivity contribution in [3.63, 3.8) is 0 Å². The lowest BCUT2D eigenvalue weighted by atomic mass is 9.82. The summed E-state index contributed by atoms with van der Waals surface area (Å²) in [6.45, 7) is -0.605. The molecule has 3 aliphatic rings. The van der Waals surface area contributed by atoms with E-state index >= 15 is 0 Å². The Morgan fingerprint density at radius 3 is 1.79 bits per heavy atom. The van der Waals surface area contributed by atoms with Crippen LogP contribution in [0.2, 0.25) is 0 Å². The van der Waals surface area contributed by atoms with Crippen molar-refractivity contribution < 1.29 is 49.6 Å². The van der Waals surface area contributed by atoms with E-state index in [9.17, 15) is 30.6 Å². The monoisotopic (exact) mass is 483 g/mol. The van der Waals surface area contributed by atoms with Gasteiger partial charge in [-0.15, -0.1) is 0 Å². The Balaban J connectivity index is 1.75. The second-order valence-electron chi connectivity index (χ2n) is 8.87. The molecule has 1 unspecified atom stereocenters. The van der Waals surface area contributed by atoms with Crippen LogP contribution < -0.4 is 28.7 Å². The van der Waals surface area contributed by atoms with E-state index in [-0.39, 0.29) is 13.0 Å². The van der Waals surface area contributed by atoms with E-state index in [0.29, 0.717) is 0 Å².